The largest absolute Gasteiger partial charge is 0.480 e. The summed E-state index contributed by atoms with van der Waals surface area (Å²) < 4.78 is 0. The van der Waals surface area contributed by atoms with Gasteiger partial charge in [-0.15, -0.1) is 0 Å². The van der Waals surface area contributed by atoms with Crippen LogP contribution in [-0.2, 0) is 4.79 Å². The quantitative estimate of drug-likeness (QED) is 0.444. The number of nitro groups is 1. The molecule has 104 valence electrons. The third-order valence-corrected chi connectivity index (χ3v) is 2.78. The van der Waals surface area contributed by atoms with Crippen molar-refractivity contribution >= 4 is 17.3 Å². The minimum atomic E-state index is -0.908. The molecular weight excluding hydrogens is 248 g/mol. The second-order valence-electron chi connectivity index (χ2n) is 4.30. The number of anilines is 1. The van der Waals surface area contributed by atoms with Crippen LogP contribution in [0.1, 0.15) is 26.2 Å². The van der Waals surface area contributed by atoms with Gasteiger partial charge >= 0.3 is 5.97 Å². The van der Waals surface area contributed by atoms with Crippen molar-refractivity contribution in [2.75, 3.05) is 18.0 Å². The number of unbranched alkanes of at least 4 members (excludes halogenated alkanes) is 2. The second-order valence-corrected chi connectivity index (χ2v) is 4.30. The minimum Gasteiger partial charge on any atom is -0.480 e. The van der Waals surface area contributed by atoms with Gasteiger partial charge in [-0.1, -0.05) is 19.8 Å². The molecule has 0 atom stereocenters. The number of carboxylic acid groups (broad SMARTS) is 1. The van der Waals surface area contributed by atoms with Crippen molar-refractivity contribution in [2.24, 2.45) is 0 Å². The number of hydrogen-bond acceptors (Lipinski definition) is 4. The van der Waals surface area contributed by atoms with Crippen molar-refractivity contribution in [1.29, 1.82) is 0 Å². The summed E-state index contributed by atoms with van der Waals surface area (Å²) in [5.41, 5.74) is 0.705. The highest BCUT2D eigenvalue weighted by atomic mass is 16.6. The molecule has 0 amide bonds. The van der Waals surface area contributed by atoms with E-state index in [1.807, 2.05) is 0 Å². The number of rotatable bonds is 8. The third-order valence-electron chi connectivity index (χ3n) is 2.78. The molecule has 6 nitrogen and oxygen atoms in total. The van der Waals surface area contributed by atoms with Crippen LogP contribution in [0.25, 0.3) is 0 Å². The normalized spacial score (nSPS) is 10.2. The molecule has 1 N–H and O–H groups in total. The summed E-state index contributed by atoms with van der Waals surface area (Å²) in [6, 6.07) is 5.97. The standard InChI is InChI=1S/C13H18N2O4/c1-2-3-4-9-14(10-13(16)17)11-5-7-12(8-6-11)15(18)19/h5-8H,2-4,9-10H2,1H3,(H,16,17). The first-order chi connectivity index (χ1) is 9.04. The number of non-ortho nitro benzene ring substituents is 1. The zero-order valence-electron chi connectivity index (χ0n) is 10.9. The van der Waals surface area contributed by atoms with Gasteiger partial charge in [0.05, 0.1) is 4.92 Å². The lowest BCUT2D eigenvalue weighted by molar-refractivity contribution is -0.384. The molecule has 0 saturated carbocycles. The second kappa shape index (κ2) is 7.35. The lowest BCUT2D eigenvalue weighted by atomic mass is 10.2. The van der Waals surface area contributed by atoms with Gasteiger partial charge in [0.15, 0.2) is 0 Å². The van der Waals surface area contributed by atoms with Crippen LogP contribution in [0, 0.1) is 10.1 Å². The molecule has 19 heavy (non-hydrogen) atoms. The molecule has 6 heteroatoms. The van der Waals surface area contributed by atoms with Gasteiger partial charge in [-0.2, -0.15) is 0 Å². The summed E-state index contributed by atoms with van der Waals surface area (Å²) in [5.74, 6) is -0.908. The predicted octanol–water partition coefficient (Wildman–Crippen LogP) is 2.68. The number of carbonyl (C=O) groups is 1. The van der Waals surface area contributed by atoms with E-state index in [2.05, 4.69) is 6.92 Å². The van der Waals surface area contributed by atoms with E-state index in [-0.39, 0.29) is 12.2 Å². The van der Waals surface area contributed by atoms with Crippen LogP contribution in [0.2, 0.25) is 0 Å². The Morgan fingerprint density at radius 1 is 1.32 bits per heavy atom. The highest BCUT2D eigenvalue weighted by Gasteiger charge is 2.12. The van der Waals surface area contributed by atoms with E-state index in [9.17, 15) is 14.9 Å². The molecule has 0 radical (unpaired) electrons. The van der Waals surface area contributed by atoms with Gasteiger partial charge in [-0.25, -0.2) is 0 Å². The van der Waals surface area contributed by atoms with Crippen LogP contribution in [0.15, 0.2) is 24.3 Å². The monoisotopic (exact) mass is 266 g/mol. The number of nitro benzene ring substituents is 1. The summed E-state index contributed by atoms with van der Waals surface area (Å²) in [5, 5.41) is 19.5. The summed E-state index contributed by atoms with van der Waals surface area (Å²) in [6.45, 7) is 2.62. The highest BCUT2D eigenvalue weighted by molar-refractivity contribution is 5.73. The fraction of sp³-hybridized carbons (Fsp3) is 0.462. The van der Waals surface area contributed by atoms with Crippen molar-refractivity contribution in [3.8, 4) is 0 Å². The van der Waals surface area contributed by atoms with Gasteiger partial charge in [0.1, 0.15) is 6.54 Å². The van der Waals surface area contributed by atoms with Gasteiger partial charge in [0.2, 0.25) is 0 Å². The number of benzene rings is 1. The Bertz CT molecular complexity index is 431. The number of carboxylic acids is 1. The number of hydrogen-bond donors (Lipinski definition) is 1. The Balaban J connectivity index is 2.77. The molecule has 0 aliphatic carbocycles. The van der Waals surface area contributed by atoms with E-state index in [1.54, 1.807) is 17.0 Å². The van der Waals surface area contributed by atoms with Crippen LogP contribution < -0.4 is 4.90 Å². The molecule has 1 aromatic carbocycles. The van der Waals surface area contributed by atoms with Crippen molar-refractivity contribution < 1.29 is 14.8 Å². The summed E-state index contributed by atoms with van der Waals surface area (Å²) in [6.07, 6.45) is 2.99. The van der Waals surface area contributed by atoms with Gasteiger partial charge in [0.25, 0.3) is 5.69 Å². The predicted molar refractivity (Wildman–Crippen MR) is 72.5 cm³/mol. The lowest BCUT2D eigenvalue weighted by Gasteiger charge is -2.22. The molecular formula is C13H18N2O4. The van der Waals surface area contributed by atoms with Crippen LogP contribution in [-0.4, -0.2) is 29.1 Å². The SMILES string of the molecule is CCCCCN(CC(=O)O)c1ccc([N+](=O)[O-])cc1. The number of nitrogens with zero attached hydrogens (tertiary/aromatic N) is 2. The molecule has 0 aliphatic rings. The molecule has 0 bridgehead atoms. The first kappa shape index (κ1) is 14.9. The van der Waals surface area contributed by atoms with Crippen molar-refractivity contribution in [1.82, 2.24) is 0 Å². The summed E-state index contributed by atoms with van der Waals surface area (Å²) in [7, 11) is 0. The minimum absolute atomic E-state index is 0.00702. The fourth-order valence-electron chi connectivity index (χ4n) is 1.80. The van der Waals surface area contributed by atoms with Crippen LogP contribution >= 0.6 is 0 Å². The van der Waals surface area contributed by atoms with E-state index in [4.69, 9.17) is 5.11 Å². The van der Waals surface area contributed by atoms with Crippen molar-refractivity contribution in [2.45, 2.75) is 26.2 Å². The van der Waals surface area contributed by atoms with E-state index in [0.29, 0.717) is 12.2 Å². The maximum absolute atomic E-state index is 10.8. The summed E-state index contributed by atoms with van der Waals surface area (Å²) in [4.78, 5) is 22.7. The van der Waals surface area contributed by atoms with E-state index in [1.165, 1.54) is 12.1 Å². The smallest absolute Gasteiger partial charge is 0.323 e. The molecule has 0 spiro atoms. The Morgan fingerprint density at radius 2 is 1.95 bits per heavy atom. The fourth-order valence-corrected chi connectivity index (χ4v) is 1.80. The first-order valence-corrected chi connectivity index (χ1v) is 6.25. The van der Waals surface area contributed by atoms with Crippen LogP contribution in [0.4, 0.5) is 11.4 Å². The average molecular weight is 266 g/mol. The molecule has 1 rings (SSSR count). The van der Waals surface area contributed by atoms with E-state index in [0.717, 1.165) is 19.3 Å². The van der Waals surface area contributed by atoms with Gasteiger partial charge in [-0.3, -0.25) is 14.9 Å². The average Bonchev–Trinajstić information content (AvgIpc) is 2.37. The Labute approximate surface area is 111 Å². The molecule has 0 saturated heterocycles. The molecule has 0 aliphatic heterocycles. The Hall–Kier alpha value is -2.11. The van der Waals surface area contributed by atoms with Gasteiger partial charge in [0, 0.05) is 24.4 Å². The highest BCUT2D eigenvalue weighted by Crippen LogP contribution is 2.19. The van der Waals surface area contributed by atoms with Gasteiger partial charge < -0.3 is 10.0 Å². The topological polar surface area (TPSA) is 83.7 Å². The maximum atomic E-state index is 10.8. The molecule has 0 fully saturated rings. The van der Waals surface area contributed by atoms with Gasteiger partial charge in [-0.05, 0) is 18.6 Å². The zero-order valence-corrected chi connectivity index (χ0v) is 10.9. The zero-order chi connectivity index (χ0) is 14.3. The first-order valence-electron chi connectivity index (χ1n) is 6.25. The molecule has 0 aromatic heterocycles. The molecule has 0 heterocycles. The van der Waals surface area contributed by atoms with Crippen LogP contribution in [0.5, 0.6) is 0 Å². The van der Waals surface area contributed by atoms with E-state index >= 15 is 0 Å². The van der Waals surface area contributed by atoms with Crippen LogP contribution in [0.3, 0.4) is 0 Å². The third kappa shape index (κ3) is 4.95. The van der Waals surface area contributed by atoms with Crippen molar-refractivity contribution in [3.63, 3.8) is 0 Å². The lowest BCUT2D eigenvalue weighted by Crippen LogP contribution is -2.30. The van der Waals surface area contributed by atoms with E-state index < -0.39 is 10.9 Å². The Kier molecular flexibility index (Phi) is 5.78. The maximum Gasteiger partial charge on any atom is 0.323 e. The number of aliphatic carboxylic acids is 1. The Morgan fingerprint density at radius 3 is 2.42 bits per heavy atom. The van der Waals surface area contributed by atoms with Crippen molar-refractivity contribution in [3.05, 3.63) is 34.4 Å². The molecule has 0 unspecified atom stereocenters. The summed E-state index contributed by atoms with van der Waals surface area (Å²) >= 11 is 0. The molecule has 1 aromatic rings.